The molecule has 0 radical (unpaired) electrons. The maximum atomic E-state index is 13.6. The Morgan fingerprint density at radius 3 is 2.61 bits per heavy atom. The van der Waals surface area contributed by atoms with Crippen LogP contribution in [0.5, 0.6) is 5.75 Å². The molecule has 1 amide bonds. The van der Waals surface area contributed by atoms with Gasteiger partial charge in [0.25, 0.3) is 5.91 Å². The zero-order chi connectivity index (χ0) is 26.0. The van der Waals surface area contributed by atoms with Crippen molar-refractivity contribution in [3.8, 4) is 17.0 Å². The van der Waals surface area contributed by atoms with Gasteiger partial charge in [-0.1, -0.05) is 17.3 Å². The third kappa shape index (κ3) is 5.18. The molecule has 1 fully saturated rings. The summed E-state index contributed by atoms with van der Waals surface area (Å²) in [5.74, 6) is -3.49. The molecule has 1 saturated heterocycles. The van der Waals surface area contributed by atoms with Gasteiger partial charge in [-0.05, 0) is 24.3 Å². The van der Waals surface area contributed by atoms with Crippen molar-refractivity contribution >= 4 is 5.91 Å². The van der Waals surface area contributed by atoms with Gasteiger partial charge in [-0.25, -0.2) is 17.9 Å². The third-order valence-electron chi connectivity index (χ3n) is 5.83. The summed E-state index contributed by atoms with van der Waals surface area (Å²) in [6, 6.07) is 7.18. The molecule has 36 heavy (non-hydrogen) atoms. The molecule has 1 aromatic heterocycles. The molecule has 3 N–H and O–H groups in total. The average Bonchev–Trinajstić information content (AvgIpc) is 3.34. The monoisotopic (exact) mass is 508 g/mol. The van der Waals surface area contributed by atoms with Crippen LogP contribution >= 0.6 is 0 Å². The standard InChI is InChI=1S/C23H23F3N4O6/c1-29(19(32)11-35-14-5-6-15(25)16(26)8-14)23-22(34)20(21(33)18(10-31)36-23)30-9-17(27-28-30)12-3-2-4-13(24)7-12/h2-9,18,20-23,31,33-34H,10-11H2,1H3. The van der Waals surface area contributed by atoms with Gasteiger partial charge in [0, 0.05) is 18.7 Å². The number of hydrogen-bond donors (Lipinski definition) is 3. The lowest BCUT2D eigenvalue weighted by atomic mass is 9.95. The van der Waals surface area contributed by atoms with E-state index in [0.29, 0.717) is 5.56 Å². The van der Waals surface area contributed by atoms with Crippen molar-refractivity contribution in [2.24, 2.45) is 0 Å². The Hall–Kier alpha value is -3.52. The quantitative estimate of drug-likeness (QED) is 0.429. The van der Waals surface area contributed by atoms with E-state index in [-0.39, 0.29) is 11.4 Å². The van der Waals surface area contributed by atoms with Crippen molar-refractivity contribution in [2.75, 3.05) is 20.3 Å². The fraction of sp³-hybridized carbons (Fsp3) is 0.348. The highest BCUT2D eigenvalue weighted by atomic mass is 19.2. The minimum Gasteiger partial charge on any atom is -0.484 e. The second-order valence-corrected chi connectivity index (χ2v) is 8.18. The molecule has 5 atom stereocenters. The maximum absolute atomic E-state index is 13.6. The van der Waals surface area contributed by atoms with E-state index >= 15 is 0 Å². The first-order chi connectivity index (χ1) is 17.2. The number of hydrogen-bond acceptors (Lipinski definition) is 8. The molecule has 192 valence electrons. The number of aliphatic hydroxyl groups is 3. The molecular weight excluding hydrogens is 485 g/mol. The summed E-state index contributed by atoms with van der Waals surface area (Å²) in [5.41, 5.74) is 0.677. The molecule has 0 aliphatic carbocycles. The largest absolute Gasteiger partial charge is 0.484 e. The Balaban J connectivity index is 1.52. The Labute approximate surface area is 203 Å². The number of aromatic nitrogens is 3. The van der Waals surface area contributed by atoms with Gasteiger partial charge < -0.3 is 29.7 Å². The molecule has 0 saturated carbocycles. The van der Waals surface area contributed by atoms with Crippen LogP contribution in [-0.4, -0.2) is 85.9 Å². The third-order valence-corrected chi connectivity index (χ3v) is 5.83. The summed E-state index contributed by atoms with van der Waals surface area (Å²) in [4.78, 5) is 13.7. The Bertz CT molecular complexity index is 1230. The van der Waals surface area contributed by atoms with E-state index in [2.05, 4.69) is 10.3 Å². The smallest absolute Gasteiger partial charge is 0.262 e. The zero-order valence-electron chi connectivity index (χ0n) is 18.9. The van der Waals surface area contributed by atoms with E-state index < -0.39 is 67.2 Å². The highest BCUT2D eigenvalue weighted by molar-refractivity contribution is 5.77. The van der Waals surface area contributed by atoms with Gasteiger partial charge in [0.2, 0.25) is 0 Å². The summed E-state index contributed by atoms with van der Waals surface area (Å²) in [6.07, 6.45) is -4.14. The first-order valence-corrected chi connectivity index (χ1v) is 10.8. The van der Waals surface area contributed by atoms with Crippen LogP contribution in [0.25, 0.3) is 11.3 Å². The van der Waals surface area contributed by atoms with Gasteiger partial charge in [0.05, 0.1) is 12.8 Å². The minimum absolute atomic E-state index is 0.0882. The maximum Gasteiger partial charge on any atom is 0.262 e. The molecule has 2 heterocycles. The van der Waals surface area contributed by atoms with Crippen LogP contribution in [0.1, 0.15) is 6.04 Å². The number of rotatable bonds is 7. The lowest BCUT2D eigenvalue weighted by molar-refractivity contribution is -0.242. The first-order valence-electron chi connectivity index (χ1n) is 10.8. The number of carbonyl (C=O) groups is 1. The fourth-order valence-electron chi connectivity index (χ4n) is 3.87. The van der Waals surface area contributed by atoms with E-state index in [4.69, 9.17) is 9.47 Å². The van der Waals surface area contributed by atoms with Crippen LogP contribution in [0, 0.1) is 17.5 Å². The van der Waals surface area contributed by atoms with Crippen molar-refractivity contribution in [3.63, 3.8) is 0 Å². The topological polar surface area (TPSA) is 130 Å². The first kappa shape index (κ1) is 25.6. The number of ether oxygens (including phenoxy) is 2. The average molecular weight is 508 g/mol. The predicted octanol–water partition coefficient (Wildman–Crippen LogP) is 0.880. The van der Waals surface area contributed by atoms with Crippen molar-refractivity contribution in [1.82, 2.24) is 19.9 Å². The van der Waals surface area contributed by atoms with E-state index in [1.807, 2.05) is 0 Å². The fourth-order valence-corrected chi connectivity index (χ4v) is 3.87. The summed E-state index contributed by atoms with van der Waals surface area (Å²) in [6.45, 7) is -1.24. The zero-order valence-corrected chi connectivity index (χ0v) is 18.9. The molecule has 2 aromatic carbocycles. The number of amides is 1. The van der Waals surface area contributed by atoms with Crippen LogP contribution in [-0.2, 0) is 9.53 Å². The van der Waals surface area contributed by atoms with Crippen molar-refractivity contribution in [3.05, 3.63) is 66.1 Å². The molecule has 0 bridgehead atoms. The molecule has 0 spiro atoms. The predicted molar refractivity (Wildman–Crippen MR) is 117 cm³/mol. The number of nitrogens with zero attached hydrogens (tertiary/aromatic N) is 4. The molecule has 10 nitrogen and oxygen atoms in total. The van der Waals surface area contributed by atoms with E-state index in [1.165, 1.54) is 31.4 Å². The van der Waals surface area contributed by atoms with Crippen molar-refractivity contribution in [1.29, 1.82) is 0 Å². The lowest BCUT2D eigenvalue weighted by Crippen LogP contribution is -2.61. The summed E-state index contributed by atoms with van der Waals surface area (Å²) < 4.78 is 52.0. The number of benzene rings is 2. The van der Waals surface area contributed by atoms with Gasteiger partial charge >= 0.3 is 0 Å². The Morgan fingerprint density at radius 1 is 1.14 bits per heavy atom. The van der Waals surface area contributed by atoms with E-state index in [9.17, 15) is 33.3 Å². The van der Waals surface area contributed by atoms with Crippen LogP contribution in [0.2, 0.25) is 0 Å². The SMILES string of the molecule is CN(C(=O)COc1ccc(F)c(F)c1)C1OC(CO)C(O)C(n2cc(-c3cccc(F)c3)nn2)C1O. The molecule has 1 aliphatic rings. The van der Waals surface area contributed by atoms with Crippen LogP contribution in [0.4, 0.5) is 13.2 Å². The second-order valence-electron chi connectivity index (χ2n) is 8.18. The molecule has 13 heteroatoms. The van der Waals surface area contributed by atoms with Crippen molar-refractivity contribution < 1.29 is 42.8 Å². The van der Waals surface area contributed by atoms with Crippen molar-refractivity contribution in [2.45, 2.75) is 30.6 Å². The second kappa shape index (κ2) is 10.6. The summed E-state index contributed by atoms with van der Waals surface area (Å²) in [7, 11) is 1.30. The lowest BCUT2D eigenvalue weighted by Gasteiger charge is -2.45. The molecule has 5 unspecified atom stereocenters. The number of likely N-dealkylation sites (N-methyl/N-ethyl adjacent to an activating group) is 1. The molecule has 4 rings (SSSR count). The Morgan fingerprint density at radius 2 is 1.92 bits per heavy atom. The van der Waals surface area contributed by atoms with Crippen LogP contribution < -0.4 is 4.74 Å². The van der Waals surface area contributed by atoms with Gasteiger partial charge in [-0.2, -0.15) is 0 Å². The number of halogens is 3. The summed E-state index contributed by atoms with van der Waals surface area (Å²) in [5, 5.41) is 39.4. The minimum atomic E-state index is -1.54. The summed E-state index contributed by atoms with van der Waals surface area (Å²) >= 11 is 0. The molecular formula is C23H23F3N4O6. The van der Waals surface area contributed by atoms with Gasteiger partial charge in [-0.3, -0.25) is 4.79 Å². The number of aliphatic hydroxyl groups excluding tert-OH is 3. The molecule has 1 aliphatic heterocycles. The van der Waals surface area contributed by atoms with Gasteiger partial charge in [0.1, 0.15) is 41.6 Å². The number of carbonyl (C=O) groups excluding carboxylic acids is 1. The van der Waals surface area contributed by atoms with Gasteiger partial charge in [-0.15, -0.1) is 5.10 Å². The van der Waals surface area contributed by atoms with Crippen LogP contribution in [0.3, 0.4) is 0 Å². The van der Waals surface area contributed by atoms with Gasteiger partial charge in [0.15, 0.2) is 24.5 Å². The normalized spacial score (nSPS) is 23.9. The van der Waals surface area contributed by atoms with E-state index in [1.54, 1.807) is 6.07 Å². The van der Waals surface area contributed by atoms with E-state index in [0.717, 1.165) is 27.8 Å². The highest BCUT2D eigenvalue weighted by Crippen LogP contribution is 2.32. The Kier molecular flexibility index (Phi) is 7.54. The van der Waals surface area contributed by atoms with Crippen LogP contribution in [0.15, 0.2) is 48.7 Å². The molecule has 3 aromatic rings. The highest BCUT2D eigenvalue weighted by Gasteiger charge is 2.48.